The van der Waals surface area contributed by atoms with Crippen molar-refractivity contribution in [3.8, 4) is 0 Å². The van der Waals surface area contributed by atoms with Gasteiger partial charge in [0.25, 0.3) is 0 Å². The van der Waals surface area contributed by atoms with Gasteiger partial charge in [-0.05, 0) is 83.2 Å². The van der Waals surface area contributed by atoms with E-state index in [4.69, 9.17) is 0 Å². The van der Waals surface area contributed by atoms with Crippen LogP contribution in [0, 0.1) is 12.8 Å². The van der Waals surface area contributed by atoms with Crippen molar-refractivity contribution in [2.45, 2.75) is 52.4 Å². The van der Waals surface area contributed by atoms with Crippen molar-refractivity contribution >= 4 is 17.6 Å². The van der Waals surface area contributed by atoms with E-state index in [1.807, 2.05) is 30.9 Å². The Hall–Kier alpha value is -2.21. The van der Waals surface area contributed by atoms with Crippen LogP contribution in [0.15, 0.2) is 30.1 Å². The second-order valence-corrected chi connectivity index (χ2v) is 7.84. The minimum Gasteiger partial charge on any atom is -0.316 e. The molecule has 2 heterocycles. The number of aromatic nitrogens is 1. The zero-order valence-corrected chi connectivity index (χ0v) is 17.1. The van der Waals surface area contributed by atoms with E-state index in [1.165, 1.54) is 18.5 Å². The highest BCUT2D eigenvalue weighted by atomic mass is 16.2. The van der Waals surface area contributed by atoms with Gasteiger partial charge in [0.05, 0.1) is 6.54 Å². The van der Waals surface area contributed by atoms with Gasteiger partial charge in [-0.25, -0.2) is 4.98 Å². The molecule has 1 aromatic rings. The number of rotatable bonds is 6. The smallest absolute Gasteiger partial charge is 0.240 e. The first-order valence-electron chi connectivity index (χ1n) is 10.5. The molecule has 6 nitrogen and oxygen atoms in total. The predicted octanol–water partition coefficient (Wildman–Crippen LogP) is 3.35. The van der Waals surface area contributed by atoms with Crippen LogP contribution in [0.4, 0.5) is 5.82 Å². The lowest BCUT2D eigenvalue weighted by Gasteiger charge is -2.33. The predicted molar refractivity (Wildman–Crippen MR) is 111 cm³/mol. The van der Waals surface area contributed by atoms with Gasteiger partial charge >= 0.3 is 0 Å². The first-order chi connectivity index (χ1) is 13.6. The molecule has 0 saturated carbocycles. The fourth-order valence-electron chi connectivity index (χ4n) is 4.07. The second kappa shape index (κ2) is 9.82. The minimum atomic E-state index is -0.0167. The summed E-state index contributed by atoms with van der Waals surface area (Å²) in [6.07, 6.45) is 9.97. The third-order valence-electron chi connectivity index (χ3n) is 5.71. The second-order valence-electron chi connectivity index (χ2n) is 7.84. The van der Waals surface area contributed by atoms with Crippen LogP contribution in [-0.4, -0.2) is 52.8 Å². The van der Waals surface area contributed by atoms with E-state index >= 15 is 0 Å². The maximum absolute atomic E-state index is 12.8. The lowest BCUT2D eigenvalue weighted by atomic mass is 9.96. The Balaban J connectivity index is 1.47. The van der Waals surface area contributed by atoms with E-state index in [-0.39, 0.29) is 17.7 Å². The molecule has 2 aliphatic rings. The lowest BCUT2D eigenvalue weighted by molar-refractivity contribution is -0.131. The van der Waals surface area contributed by atoms with Crippen molar-refractivity contribution in [2.24, 2.45) is 5.92 Å². The van der Waals surface area contributed by atoms with Gasteiger partial charge in [0.1, 0.15) is 5.82 Å². The molecule has 0 bridgehead atoms. The molecule has 152 valence electrons. The molecule has 2 amide bonds. The number of hydrogen-bond donors (Lipinski definition) is 1. The highest BCUT2D eigenvalue weighted by Gasteiger charge is 2.27. The van der Waals surface area contributed by atoms with Gasteiger partial charge in [-0.2, -0.15) is 0 Å². The molecule has 1 aromatic heterocycles. The van der Waals surface area contributed by atoms with Crippen molar-refractivity contribution in [3.63, 3.8) is 0 Å². The summed E-state index contributed by atoms with van der Waals surface area (Å²) in [5.74, 6) is 0.813. The van der Waals surface area contributed by atoms with Crippen LogP contribution < -0.4 is 5.32 Å². The van der Waals surface area contributed by atoms with Crippen LogP contribution >= 0.6 is 0 Å². The van der Waals surface area contributed by atoms with Crippen molar-refractivity contribution in [1.82, 2.24) is 14.8 Å². The largest absolute Gasteiger partial charge is 0.316 e. The summed E-state index contributed by atoms with van der Waals surface area (Å²) < 4.78 is 0. The maximum Gasteiger partial charge on any atom is 0.240 e. The van der Waals surface area contributed by atoms with Crippen LogP contribution in [0.25, 0.3) is 0 Å². The number of amides is 2. The van der Waals surface area contributed by atoms with Crippen LogP contribution in [0.2, 0.25) is 0 Å². The van der Waals surface area contributed by atoms with Gasteiger partial charge in [0, 0.05) is 24.4 Å². The summed E-state index contributed by atoms with van der Waals surface area (Å²) in [5, 5.41) is 2.93. The number of nitrogens with one attached hydrogen (secondary N) is 1. The minimum absolute atomic E-state index is 0.0167. The van der Waals surface area contributed by atoms with Crippen molar-refractivity contribution < 1.29 is 9.59 Å². The maximum atomic E-state index is 12.8. The molecule has 1 saturated heterocycles. The van der Waals surface area contributed by atoms with E-state index in [0.717, 1.165) is 50.9 Å². The topological polar surface area (TPSA) is 65.5 Å². The number of likely N-dealkylation sites (tertiary alicyclic amines) is 1. The summed E-state index contributed by atoms with van der Waals surface area (Å²) in [5.41, 5.74) is 2.27. The van der Waals surface area contributed by atoms with Gasteiger partial charge in [-0.1, -0.05) is 6.08 Å². The Morgan fingerprint density at radius 1 is 1.29 bits per heavy atom. The number of hydrogen-bond acceptors (Lipinski definition) is 4. The molecule has 1 aliphatic heterocycles. The van der Waals surface area contributed by atoms with E-state index in [1.54, 1.807) is 6.20 Å². The molecule has 3 rings (SSSR count). The highest BCUT2D eigenvalue weighted by molar-refractivity contribution is 5.91. The van der Waals surface area contributed by atoms with Crippen molar-refractivity contribution in [2.75, 3.05) is 31.5 Å². The molecule has 0 spiro atoms. The Morgan fingerprint density at radius 3 is 2.71 bits per heavy atom. The average Bonchev–Trinajstić information content (AvgIpc) is 2.70. The summed E-state index contributed by atoms with van der Waals surface area (Å²) in [6.45, 7) is 6.76. The number of aryl methyl sites for hydroxylation is 1. The fraction of sp³-hybridized carbons (Fsp3) is 0.591. The first kappa shape index (κ1) is 20.5. The Kier molecular flexibility index (Phi) is 7.20. The van der Waals surface area contributed by atoms with Crippen molar-refractivity contribution in [3.05, 3.63) is 35.7 Å². The highest BCUT2D eigenvalue weighted by Crippen LogP contribution is 2.23. The number of piperidine rings is 1. The molecule has 0 unspecified atom stereocenters. The van der Waals surface area contributed by atoms with Crippen molar-refractivity contribution in [1.29, 1.82) is 0 Å². The summed E-state index contributed by atoms with van der Waals surface area (Å²) in [6, 6.07) is 3.79. The van der Waals surface area contributed by atoms with Crippen LogP contribution in [0.1, 0.15) is 51.0 Å². The van der Waals surface area contributed by atoms with Gasteiger partial charge in [0.2, 0.25) is 11.8 Å². The van der Waals surface area contributed by atoms with Crippen LogP contribution in [0.5, 0.6) is 0 Å². The first-order valence-corrected chi connectivity index (χ1v) is 10.5. The van der Waals surface area contributed by atoms with E-state index in [2.05, 4.69) is 21.3 Å². The third-order valence-corrected chi connectivity index (χ3v) is 5.71. The molecule has 0 atom stereocenters. The number of carbonyl (C=O) groups excluding carboxylic acids is 2. The lowest BCUT2D eigenvalue weighted by Crippen LogP contribution is -2.44. The normalized spacial score (nSPS) is 18.4. The fourth-order valence-corrected chi connectivity index (χ4v) is 4.07. The molecular weight excluding hydrogens is 352 g/mol. The SMILES string of the molecule is CCN(C(=O)CN1CCC(C(=O)Nc2cc(C)ccn2)CC1)C1=CCCCC1. The molecule has 1 fully saturated rings. The number of nitrogens with zero attached hydrogens (tertiary/aromatic N) is 3. The van der Waals surface area contributed by atoms with Gasteiger partial charge < -0.3 is 10.2 Å². The number of pyridine rings is 1. The Bertz CT molecular complexity index is 723. The van der Waals surface area contributed by atoms with E-state index in [9.17, 15) is 9.59 Å². The van der Waals surface area contributed by atoms with Crippen LogP contribution in [-0.2, 0) is 9.59 Å². The molecule has 1 aliphatic carbocycles. The average molecular weight is 385 g/mol. The zero-order valence-electron chi connectivity index (χ0n) is 17.1. The molecule has 6 heteroatoms. The number of anilines is 1. The number of allylic oxidation sites excluding steroid dienone is 2. The van der Waals surface area contributed by atoms with Gasteiger partial charge in [-0.15, -0.1) is 0 Å². The molecule has 0 radical (unpaired) electrons. The standard InChI is InChI=1S/C22H32N4O2/c1-3-26(19-7-5-4-6-8-19)21(27)16-25-13-10-18(11-14-25)22(28)24-20-15-17(2)9-12-23-20/h7,9,12,15,18H,3-6,8,10-11,13-14,16H2,1-2H3,(H,23,24,28). The quantitative estimate of drug-likeness (QED) is 0.817. The number of likely N-dealkylation sites (N-methyl/N-ethyl adjacent to an activating group) is 1. The Morgan fingerprint density at radius 2 is 2.07 bits per heavy atom. The zero-order chi connectivity index (χ0) is 19.9. The summed E-state index contributed by atoms with van der Waals surface area (Å²) in [7, 11) is 0. The monoisotopic (exact) mass is 384 g/mol. The Labute approximate surface area is 168 Å². The molecule has 1 N–H and O–H groups in total. The number of carbonyl (C=O) groups is 2. The summed E-state index contributed by atoms with van der Waals surface area (Å²) >= 11 is 0. The van der Waals surface area contributed by atoms with E-state index in [0.29, 0.717) is 12.4 Å². The molecule has 0 aromatic carbocycles. The van der Waals surface area contributed by atoms with E-state index < -0.39 is 0 Å². The van der Waals surface area contributed by atoms with Crippen LogP contribution in [0.3, 0.4) is 0 Å². The van der Waals surface area contributed by atoms with Gasteiger partial charge in [-0.3, -0.25) is 14.5 Å². The third kappa shape index (κ3) is 5.41. The van der Waals surface area contributed by atoms with Gasteiger partial charge in [0.15, 0.2) is 0 Å². The molecule has 28 heavy (non-hydrogen) atoms. The molecular formula is C22H32N4O2. The summed E-state index contributed by atoms with van der Waals surface area (Å²) in [4.78, 5) is 33.6.